The van der Waals surface area contributed by atoms with Gasteiger partial charge in [0.05, 0.1) is 17.7 Å². The second kappa shape index (κ2) is 8.24. The van der Waals surface area contributed by atoms with Crippen LogP contribution in [0, 0.1) is 17.0 Å². The van der Waals surface area contributed by atoms with E-state index in [1.807, 2.05) is 12.3 Å². The summed E-state index contributed by atoms with van der Waals surface area (Å²) in [5.74, 6) is 0.0987. The lowest BCUT2D eigenvalue weighted by atomic mass is 10.2. The largest absolute Gasteiger partial charge is 0.493 e. The molecule has 0 unspecified atom stereocenters. The first-order valence-corrected chi connectivity index (χ1v) is 9.16. The van der Waals surface area contributed by atoms with Crippen molar-refractivity contribution in [1.29, 1.82) is 0 Å². The molecule has 2 aromatic carbocycles. The van der Waals surface area contributed by atoms with Crippen LogP contribution in [0.1, 0.15) is 16.1 Å². The first kappa shape index (κ1) is 19.6. The highest BCUT2D eigenvalue weighted by atomic mass is 35.5. The molecule has 0 radical (unpaired) electrons. The van der Waals surface area contributed by atoms with E-state index in [9.17, 15) is 14.9 Å². The third-order valence-corrected chi connectivity index (χ3v) is 4.71. The van der Waals surface area contributed by atoms with Crippen molar-refractivity contribution >= 4 is 39.7 Å². The number of carbonyl (C=O) groups is 1. The summed E-state index contributed by atoms with van der Waals surface area (Å²) < 4.78 is 10.9. The van der Waals surface area contributed by atoms with E-state index >= 15 is 0 Å². The summed E-state index contributed by atoms with van der Waals surface area (Å²) in [5.41, 5.74) is 0.851. The number of rotatable bonds is 6. The molecule has 0 aliphatic heterocycles. The molecule has 1 aromatic heterocycles. The van der Waals surface area contributed by atoms with Gasteiger partial charge in [0.25, 0.3) is 5.91 Å². The SMILES string of the molecule is COc1cc(C(=O)Nc2nc(C)cs2)ccc1Oc1ccc(Cl)cc1[N+](=O)[O-]. The van der Waals surface area contributed by atoms with Crippen LogP contribution in [0.15, 0.2) is 41.8 Å². The fourth-order valence-corrected chi connectivity index (χ4v) is 3.16. The van der Waals surface area contributed by atoms with Crippen LogP contribution in [0.2, 0.25) is 5.02 Å². The number of methoxy groups -OCH3 is 1. The third kappa shape index (κ3) is 4.38. The van der Waals surface area contributed by atoms with Crippen LogP contribution in [0.25, 0.3) is 0 Å². The van der Waals surface area contributed by atoms with E-state index in [0.717, 1.165) is 5.69 Å². The molecule has 0 atom stereocenters. The lowest BCUT2D eigenvalue weighted by Gasteiger charge is -2.12. The monoisotopic (exact) mass is 419 g/mol. The van der Waals surface area contributed by atoms with Gasteiger partial charge in [0.15, 0.2) is 16.6 Å². The molecule has 3 aromatic rings. The number of anilines is 1. The van der Waals surface area contributed by atoms with Crippen LogP contribution in [0.5, 0.6) is 17.2 Å². The summed E-state index contributed by atoms with van der Waals surface area (Å²) >= 11 is 7.13. The van der Waals surface area contributed by atoms with Gasteiger partial charge in [0, 0.05) is 22.0 Å². The van der Waals surface area contributed by atoms with Crippen molar-refractivity contribution in [2.24, 2.45) is 0 Å². The summed E-state index contributed by atoms with van der Waals surface area (Å²) in [6.07, 6.45) is 0. The van der Waals surface area contributed by atoms with Gasteiger partial charge in [-0.15, -0.1) is 11.3 Å². The second-order valence-electron chi connectivity index (χ2n) is 5.59. The van der Waals surface area contributed by atoms with Crippen molar-refractivity contribution in [3.8, 4) is 17.2 Å². The Kier molecular flexibility index (Phi) is 5.76. The topological polar surface area (TPSA) is 104 Å². The normalized spacial score (nSPS) is 10.4. The van der Waals surface area contributed by atoms with Gasteiger partial charge < -0.3 is 9.47 Å². The Morgan fingerprint density at radius 1 is 1.21 bits per heavy atom. The van der Waals surface area contributed by atoms with Crippen LogP contribution < -0.4 is 14.8 Å². The van der Waals surface area contributed by atoms with Crippen molar-refractivity contribution in [3.63, 3.8) is 0 Å². The Bertz CT molecular complexity index is 1050. The van der Waals surface area contributed by atoms with Crippen LogP contribution >= 0.6 is 22.9 Å². The third-order valence-electron chi connectivity index (χ3n) is 3.60. The molecule has 0 bridgehead atoms. The minimum absolute atomic E-state index is 0.00293. The van der Waals surface area contributed by atoms with E-state index in [1.54, 1.807) is 0 Å². The maximum absolute atomic E-state index is 12.4. The zero-order valence-electron chi connectivity index (χ0n) is 14.8. The summed E-state index contributed by atoms with van der Waals surface area (Å²) in [4.78, 5) is 27.2. The minimum Gasteiger partial charge on any atom is -0.493 e. The van der Waals surface area contributed by atoms with E-state index in [-0.39, 0.29) is 33.9 Å². The number of benzene rings is 2. The number of ether oxygens (including phenoxy) is 2. The minimum atomic E-state index is -0.592. The maximum Gasteiger partial charge on any atom is 0.313 e. The molecule has 0 spiro atoms. The summed E-state index contributed by atoms with van der Waals surface area (Å²) in [7, 11) is 1.41. The number of nitro benzene ring substituents is 1. The second-order valence-corrected chi connectivity index (χ2v) is 6.88. The number of thiazole rings is 1. The number of halogens is 1. The zero-order valence-corrected chi connectivity index (χ0v) is 16.3. The molecule has 3 rings (SSSR count). The molecule has 0 saturated carbocycles. The van der Waals surface area contributed by atoms with Crippen LogP contribution in [0.4, 0.5) is 10.8 Å². The Hall–Kier alpha value is -3.17. The van der Waals surface area contributed by atoms with Gasteiger partial charge >= 0.3 is 5.69 Å². The molecule has 0 aliphatic carbocycles. The molecule has 0 fully saturated rings. The molecule has 8 nitrogen and oxygen atoms in total. The molecule has 0 saturated heterocycles. The maximum atomic E-state index is 12.4. The van der Waals surface area contributed by atoms with Gasteiger partial charge in [-0.2, -0.15) is 0 Å². The summed E-state index contributed by atoms with van der Waals surface area (Å²) in [6, 6.07) is 8.57. The average molecular weight is 420 g/mol. The number of nitro groups is 1. The molecule has 28 heavy (non-hydrogen) atoms. The van der Waals surface area contributed by atoms with Crippen molar-refractivity contribution in [1.82, 2.24) is 4.98 Å². The molecular weight excluding hydrogens is 406 g/mol. The quantitative estimate of drug-likeness (QED) is 0.442. The average Bonchev–Trinajstić information content (AvgIpc) is 3.07. The van der Waals surface area contributed by atoms with Crippen molar-refractivity contribution in [2.45, 2.75) is 6.92 Å². The van der Waals surface area contributed by atoms with Gasteiger partial charge in [-0.1, -0.05) is 11.6 Å². The van der Waals surface area contributed by atoms with E-state index < -0.39 is 4.92 Å². The van der Waals surface area contributed by atoms with Gasteiger partial charge in [0.2, 0.25) is 5.75 Å². The summed E-state index contributed by atoms with van der Waals surface area (Å²) in [6.45, 7) is 1.83. The lowest BCUT2D eigenvalue weighted by molar-refractivity contribution is -0.385. The standard InChI is InChI=1S/C18H14ClN3O5S/c1-10-9-28-18(20-10)21-17(23)11-3-5-15(16(7-11)26-2)27-14-6-4-12(19)8-13(14)22(24)25/h3-9H,1-2H3,(H,20,21,23). The highest BCUT2D eigenvalue weighted by molar-refractivity contribution is 7.13. The number of amides is 1. The highest BCUT2D eigenvalue weighted by Crippen LogP contribution is 2.38. The fraction of sp³-hybridized carbons (Fsp3) is 0.111. The lowest BCUT2D eigenvalue weighted by Crippen LogP contribution is -2.12. The van der Waals surface area contributed by atoms with Gasteiger partial charge in [0.1, 0.15) is 0 Å². The number of hydrogen-bond donors (Lipinski definition) is 1. The van der Waals surface area contributed by atoms with Crippen molar-refractivity contribution < 1.29 is 19.2 Å². The molecule has 1 N–H and O–H groups in total. The van der Waals surface area contributed by atoms with Crippen LogP contribution in [0.3, 0.4) is 0 Å². The van der Waals surface area contributed by atoms with Crippen molar-refractivity contribution in [3.05, 3.63) is 68.2 Å². The molecule has 1 heterocycles. The Morgan fingerprint density at radius 2 is 1.96 bits per heavy atom. The summed E-state index contributed by atoms with van der Waals surface area (Å²) in [5, 5.41) is 16.4. The molecule has 144 valence electrons. The number of carbonyl (C=O) groups excluding carboxylic acids is 1. The van der Waals surface area contributed by atoms with E-state index in [0.29, 0.717) is 10.7 Å². The molecule has 1 amide bonds. The number of aryl methyl sites for hydroxylation is 1. The predicted octanol–water partition coefficient (Wildman–Crippen LogP) is 5.07. The van der Waals surface area contributed by atoms with Crippen LogP contribution in [-0.4, -0.2) is 22.9 Å². The first-order chi connectivity index (χ1) is 13.4. The highest BCUT2D eigenvalue weighted by Gasteiger charge is 2.19. The fourth-order valence-electron chi connectivity index (χ4n) is 2.31. The predicted molar refractivity (Wildman–Crippen MR) is 106 cm³/mol. The molecule has 0 aliphatic rings. The number of hydrogen-bond acceptors (Lipinski definition) is 7. The molecule has 10 heteroatoms. The van der Waals surface area contributed by atoms with E-state index in [2.05, 4.69) is 10.3 Å². The van der Waals surface area contributed by atoms with E-state index in [1.165, 1.54) is 54.8 Å². The first-order valence-electron chi connectivity index (χ1n) is 7.90. The number of nitrogens with zero attached hydrogens (tertiary/aromatic N) is 2. The van der Waals surface area contributed by atoms with Gasteiger partial charge in [-0.25, -0.2) is 4.98 Å². The zero-order chi connectivity index (χ0) is 20.3. The van der Waals surface area contributed by atoms with Crippen LogP contribution in [-0.2, 0) is 0 Å². The Balaban J connectivity index is 1.86. The van der Waals surface area contributed by atoms with Crippen molar-refractivity contribution in [2.75, 3.05) is 12.4 Å². The van der Waals surface area contributed by atoms with E-state index in [4.69, 9.17) is 21.1 Å². The smallest absolute Gasteiger partial charge is 0.313 e. The van der Waals surface area contributed by atoms with Gasteiger partial charge in [-0.05, 0) is 37.3 Å². The Morgan fingerprint density at radius 3 is 2.61 bits per heavy atom. The molecular formula is C18H14ClN3O5S. The van der Waals surface area contributed by atoms with Gasteiger partial charge in [-0.3, -0.25) is 20.2 Å². The number of aromatic nitrogens is 1. The Labute approximate surface area is 168 Å². The number of nitrogens with one attached hydrogen (secondary N) is 1.